The van der Waals surface area contributed by atoms with Gasteiger partial charge in [-0.25, -0.2) is 0 Å². The number of para-hydroxylation sites is 2. The number of phenolic OH excluding ortho intramolecular Hbond substituents is 1. The molecule has 2 aromatic carbocycles. The SMILES string of the molecule is Oc1ccccc1N(Cc1ccccc1)Cc1ccccn1. The number of nitrogens with zero attached hydrogens (tertiary/aromatic N) is 2. The van der Waals surface area contributed by atoms with E-state index in [0.717, 1.165) is 17.9 Å². The summed E-state index contributed by atoms with van der Waals surface area (Å²) in [6, 6.07) is 23.5. The maximum Gasteiger partial charge on any atom is 0.138 e. The van der Waals surface area contributed by atoms with Crippen LogP contribution in [0.3, 0.4) is 0 Å². The zero-order valence-corrected chi connectivity index (χ0v) is 12.3. The summed E-state index contributed by atoms with van der Waals surface area (Å²) < 4.78 is 0. The maximum atomic E-state index is 10.2. The van der Waals surface area contributed by atoms with E-state index < -0.39 is 0 Å². The number of hydrogen-bond acceptors (Lipinski definition) is 3. The first-order chi connectivity index (χ1) is 10.8. The van der Waals surface area contributed by atoms with Gasteiger partial charge in [-0.05, 0) is 29.8 Å². The standard InChI is InChI=1S/C19H18N2O/c22-19-12-5-4-11-18(19)21(14-16-8-2-1-3-9-16)15-17-10-6-7-13-20-17/h1-13,22H,14-15H2. The quantitative estimate of drug-likeness (QED) is 0.771. The van der Waals surface area contributed by atoms with E-state index in [0.29, 0.717) is 6.54 Å². The number of benzene rings is 2. The molecule has 3 aromatic rings. The van der Waals surface area contributed by atoms with Crippen molar-refractivity contribution < 1.29 is 5.11 Å². The van der Waals surface area contributed by atoms with Crippen LogP contribution >= 0.6 is 0 Å². The predicted molar refractivity (Wildman–Crippen MR) is 88.7 cm³/mol. The Morgan fingerprint density at radius 1 is 0.773 bits per heavy atom. The molecule has 0 fully saturated rings. The number of phenols is 1. The molecule has 0 amide bonds. The molecule has 0 bridgehead atoms. The van der Waals surface area contributed by atoms with Gasteiger partial charge < -0.3 is 10.0 Å². The van der Waals surface area contributed by atoms with Crippen LogP contribution < -0.4 is 4.90 Å². The number of hydrogen-bond donors (Lipinski definition) is 1. The van der Waals surface area contributed by atoms with Crippen LogP contribution in [0.25, 0.3) is 0 Å². The van der Waals surface area contributed by atoms with Gasteiger partial charge in [0.2, 0.25) is 0 Å². The smallest absolute Gasteiger partial charge is 0.138 e. The molecule has 3 nitrogen and oxygen atoms in total. The molecule has 0 spiro atoms. The second-order valence-corrected chi connectivity index (χ2v) is 5.15. The fourth-order valence-corrected chi connectivity index (χ4v) is 2.45. The van der Waals surface area contributed by atoms with Gasteiger partial charge in [-0.15, -0.1) is 0 Å². The molecule has 1 heterocycles. The lowest BCUT2D eigenvalue weighted by atomic mass is 10.1. The Labute approximate surface area is 130 Å². The van der Waals surface area contributed by atoms with Crippen molar-refractivity contribution >= 4 is 5.69 Å². The lowest BCUT2D eigenvalue weighted by Gasteiger charge is -2.25. The summed E-state index contributed by atoms with van der Waals surface area (Å²) in [6.07, 6.45) is 1.79. The largest absolute Gasteiger partial charge is 0.506 e. The first kappa shape index (κ1) is 14.1. The highest BCUT2D eigenvalue weighted by atomic mass is 16.3. The molecule has 0 saturated carbocycles. The van der Waals surface area contributed by atoms with E-state index in [1.807, 2.05) is 54.6 Å². The minimum Gasteiger partial charge on any atom is -0.506 e. The van der Waals surface area contributed by atoms with Gasteiger partial charge in [0.05, 0.1) is 17.9 Å². The summed E-state index contributed by atoms with van der Waals surface area (Å²) >= 11 is 0. The average Bonchev–Trinajstić information content (AvgIpc) is 2.57. The van der Waals surface area contributed by atoms with Crippen LogP contribution in [0, 0.1) is 0 Å². The Balaban J connectivity index is 1.90. The van der Waals surface area contributed by atoms with Crippen molar-refractivity contribution in [3.05, 3.63) is 90.3 Å². The fourth-order valence-electron chi connectivity index (χ4n) is 2.45. The van der Waals surface area contributed by atoms with Gasteiger partial charge in [0.15, 0.2) is 0 Å². The molecule has 3 heteroatoms. The molecule has 3 rings (SSSR count). The third-order valence-corrected chi connectivity index (χ3v) is 3.52. The second-order valence-electron chi connectivity index (χ2n) is 5.15. The van der Waals surface area contributed by atoms with Gasteiger partial charge in [0, 0.05) is 12.7 Å². The highest BCUT2D eigenvalue weighted by Gasteiger charge is 2.12. The molecule has 0 unspecified atom stereocenters. The van der Waals surface area contributed by atoms with E-state index in [1.165, 1.54) is 5.56 Å². The molecule has 0 radical (unpaired) electrons. The summed E-state index contributed by atoms with van der Waals surface area (Å²) in [4.78, 5) is 6.52. The minimum absolute atomic E-state index is 0.286. The summed E-state index contributed by atoms with van der Waals surface area (Å²) in [7, 11) is 0. The summed E-state index contributed by atoms with van der Waals surface area (Å²) in [5, 5.41) is 10.2. The van der Waals surface area contributed by atoms with Crippen LogP contribution in [0.15, 0.2) is 79.0 Å². The summed E-state index contributed by atoms with van der Waals surface area (Å²) in [6.45, 7) is 1.36. The van der Waals surface area contributed by atoms with Crippen molar-refractivity contribution in [2.24, 2.45) is 0 Å². The van der Waals surface area contributed by atoms with Gasteiger partial charge in [-0.2, -0.15) is 0 Å². The van der Waals surface area contributed by atoms with E-state index in [9.17, 15) is 5.11 Å². The molecule has 0 aliphatic heterocycles. The van der Waals surface area contributed by atoms with Gasteiger partial charge in [0.25, 0.3) is 0 Å². The summed E-state index contributed by atoms with van der Waals surface area (Å²) in [5.41, 5.74) is 2.99. The van der Waals surface area contributed by atoms with E-state index in [4.69, 9.17) is 0 Å². The monoisotopic (exact) mass is 290 g/mol. The number of aromatic nitrogens is 1. The van der Waals surface area contributed by atoms with Crippen molar-refractivity contribution in [3.8, 4) is 5.75 Å². The van der Waals surface area contributed by atoms with Crippen molar-refractivity contribution in [2.75, 3.05) is 4.90 Å². The van der Waals surface area contributed by atoms with Crippen LogP contribution in [0.4, 0.5) is 5.69 Å². The second kappa shape index (κ2) is 6.76. The number of pyridine rings is 1. The van der Waals surface area contributed by atoms with Crippen LogP contribution in [-0.2, 0) is 13.1 Å². The van der Waals surface area contributed by atoms with Crippen molar-refractivity contribution in [3.63, 3.8) is 0 Å². The molecule has 1 N–H and O–H groups in total. The fraction of sp³-hybridized carbons (Fsp3) is 0.105. The van der Waals surface area contributed by atoms with Crippen molar-refractivity contribution in [1.29, 1.82) is 0 Å². The minimum atomic E-state index is 0.286. The summed E-state index contributed by atoms with van der Waals surface area (Å²) in [5.74, 6) is 0.286. The van der Waals surface area contributed by atoms with Crippen LogP contribution in [0.2, 0.25) is 0 Å². The van der Waals surface area contributed by atoms with Crippen LogP contribution in [-0.4, -0.2) is 10.1 Å². The van der Waals surface area contributed by atoms with Crippen molar-refractivity contribution in [2.45, 2.75) is 13.1 Å². The Morgan fingerprint density at radius 3 is 2.23 bits per heavy atom. The highest BCUT2D eigenvalue weighted by molar-refractivity contribution is 5.57. The lowest BCUT2D eigenvalue weighted by Crippen LogP contribution is -2.22. The average molecular weight is 290 g/mol. The Kier molecular flexibility index (Phi) is 4.35. The van der Waals surface area contributed by atoms with Crippen LogP contribution in [0.5, 0.6) is 5.75 Å². The topological polar surface area (TPSA) is 36.4 Å². The van der Waals surface area contributed by atoms with E-state index in [2.05, 4.69) is 22.0 Å². The van der Waals surface area contributed by atoms with Gasteiger partial charge in [0.1, 0.15) is 5.75 Å². The number of rotatable bonds is 5. The first-order valence-corrected chi connectivity index (χ1v) is 7.30. The predicted octanol–water partition coefficient (Wildman–Crippen LogP) is 3.99. The molecule has 0 aliphatic carbocycles. The molecule has 22 heavy (non-hydrogen) atoms. The molecule has 0 atom stereocenters. The van der Waals surface area contributed by atoms with Gasteiger partial charge in [-0.1, -0.05) is 48.5 Å². The van der Waals surface area contributed by atoms with Gasteiger partial charge >= 0.3 is 0 Å². The maximum absolute atomic E-state index is 10.2. The Bertz CT molecular complexity index is 672. The first-order valence-electron chi connectivity index (χ1n) is 7.30. The zero-order valence-electron chi connectivity index (χ0n) is 12.3. The van der Waals surface area contributed by atoms with Gasteiger partial charge in [-0.3, -0.25) is 4.98 Å². The number of anilines is 1. The highest BCUT2D eigenvalue weighted by Crippen LogP contribution is 2.29. The molecule has 0 aliphatic rings. The third kappa shape index (κ3) is 3.44. The zero-order chi connectivity index (χ0) is 15.2. The molecular formula is C19H18N2O. The molecular weight excluding hydrogens is 272 g/mol. The molecule has 110 valence electrons. The third-order valence-electron chi connectivity index (χ3n) is 3.52. The van der Waals surface area contributed by atoms with Crippen molar-refractivity contribution in [1.82, 2.24) is 4.98 Å². The molecule has 1 aromatic heterocycles. The lowest BCUT2D eigenvalue weighted by molar-refractivity contribution is 0.473. The Morgan fingerprint density at radius 2 is 1.50 bits per heavy atom. The van der Waals surface area contributed by atoms with E-state index >= 15 is 0 Å². The number of aromatic hydroxyl groups is 1. The van der Waals surface area contributed by atoms with E-state index in [-0.39, 0.29) is 5.75 Å². The Hall–Kier alpha value is -2.81. The normalized spacial score (nSPS) is 10.4. The molecule has 0 saturated heterocycles. The van der Waals surface area contributed by atoms with E-state index in [1.54, 1.807) is 12.3 Å². The van der Waals surface area contributed by atoms with Crippen LogP contribution in [0.1, 0.15) is 11.3 Å².